The van der Waals surface area contributed by atoms with E-state index in [2.05, 4.69) is 0 Å². The summed E-state index contributed by atoms with van der Waals surface area (Å²) >= 11 is 0. The van der Waals surface area contributed by atoms with Gasteiger partial charge >= 0.3 is 0 Å². The monoisotopic (exact) mass is 339 g/mol. The maximum Gasteiger partial charge on any atom is 0.264 e. The molecule has 124 valence electrons. The fourth-order valence-electron chi connectivity index (χ4n) is 2.70. The van der Waals surface area contributed by atoms with Crippen molar-refractivity contribution >= 4 is 15.7 Å². The van der Waals surface area contributed by atoms with Gasteiger partial charge in [-0.2, -0.15) is 0 Å². The molecule has 3 rings (SSSR count). The lowest BCUT2D eigenvalue weighted by Crippen LogP contribution is -2.30. The van der Waals surface area contributed by atoms with Gasteiger partial charge < -0.3 is 0 Å². The third-order valence-electron chi connectivity index (χ3n) is 4.11. The molecule has 4 heteroatoms. The molecule has 1 heterocycles. The molecule has 3 nitrogen and oxygen atoms in total. The predicted octanol–water partition coefficient (Wildman–Crippen LogP) is 4.30. The van der Waals surface area contributed by atoms with E-state index in [0.29, 0.717) is 23.6 Å². The molecule has 0 fully saturated rings. The van der Waals surface area contributed by atoms with E-state index < -0.39 is 10.0 Å². The minimum Gasteiger partial charge on any atom is -0.265 e. The molecule has 0 bridgehead atoms. The molecule has 2 aromatic carbocycles. The number of nitrogens with zero attached hydrogens (tertiary/aromatic N) is 1. The Kier molecular flexibility index (Phi) is 4.58. The number of benzene rings is 2. The number of hydrogen-bond donors (Lipinski definition) is 0. The van der Waals surface area contributed by atoms with E-state index in [0.717, 1.165) is 16.7 Å². The van der Waals surface area contributed by atoms with E-state index in [9.17, 15) is 8.42 Å². The van der Waals surface area contributed by atoms with Crippen LogP contribution in [-0.4, -0.2) is 19.3 Å². The summed E-state index contributed by atoms with van der Waals surface area (Å²) in [4.78, 5) is 0.327. The average Bonchev–Trinajstić information content (AvgIpc) is 2.82. The smallest absolute Gasteiger partial charge is 0.264 e. The molecule has 0 radical (unpaired) electrons. The van der Waals surface area contributed by atoms with Crippen molar-refractivity contribution in [2.45, 2.75) is 25.2 Å². The second kappa shape index (κ2) is 6.65. The summed E-state index contributed by atoms with van der Waals surface area (Å²) in [6.45, 7) is 4.41. The largest absolute Gasteiger partial charge is 0.265 e. The zero-order valence-electron chi connectivity index (χ0n) is 13.9. The first kappa shape index (κ1) is 16.5. The molecule has 1 aliphatic heterocycles. The van der Waals surface area contributed by atoms with Crippen molar-refractivity contribution in [3.63, 3.8) is 0 Å². The summed E-state index contributed by atoms with van der Waals surface area (Å²) in [6, 6.07) is 15.0. The fraction of sp³-hybridized carbons (Fsp3) is 0.200. The molecule has 0 spiro atoms. The van der Waals surface area contributed by atoms with Crippen LogP contribution < -0.4 is 0 Å². The first-order valence-electron chi connectivity index (χ1n) is 8.02. The summed E-state index contributed by atoms with van der Waals surface area (Å²) < 4.78 is 27.8. The van der Waals surface area contributed by atoms with Gasteiger partial charge in [-0.25, -0.2) is 8.42 Å². The summed E-state index contributed by atoms with van der Waals surface area (Å²) in [5.41, 5.74) is 3.81. The van der Waals surface area contributed by atoms with Crippen LogP contribution in [-0.2, 0) is 10.0 Å². The highest BCUT2D eigenvalue weighted by atomic mass is 32.2. The minimum absolute atomic E-state index is 0.327. The maximum absolute atomic E-state index is 13.2. The first-order chi connectivity index (χ1) is 11.5. The van der Waals surface area contributed by atoms with Crippen LogP contribution in [0.3, 0.4) is 0 Å². The van der Waals surface area contributed by atoms with E-state index in [-0.39, 0.29) is 0 Å². The van der Waals surface area contributed by atoms with Gasteiger partial charge in [0.2, 0.25) is 0 Å². The Morgan fingerprint density at radius 2 is 1.46 bits per heavy atom. The van der Waals surface area contributed by atoms with Crippen LogP contribution in [0, 0.1) is 13.8 Å². The molecular weight excluding hydrogens is 318 g/mol. The van der Waals surface area contributed by atoms with Crippen LogP contribution in [0.25, 0.3) is 5.70 Å². The highest BCUT2D eigenvalue weighted by Crippen LogP contribution is 2.29. The Morgan fingerprint density at radius 3 is 2.08 bits per heavy atom. The second-order valence-corrected chi connectivity index (χ2v) is 7.89. The Bertz CT molecular complexity index is 876. The van der Waals surface area contributed by atoms with Crippen molar-refractivity contribution in [3.05, 3.63) is 83.4 Å². The van der Waals surface area contributed by atoms with E-state index in [1.807, 2.05) is 68.5 Å². The van der Waals surface area contributed by atoms with Gasteiger partial charge in [0, 0.05) is 6.54 Å². The van der Waals surface area contributed by atoms with Gasteiger partial charge in [0.25, 0.3) is 10.0 Å². The molecule has 0 N–H and O–H groups in total. The molecule has 0 aromatic heterocycles. The van der Waals surface area contributed by atoms with Crippen LogP contribution in [0.5, 0.6) is 0 Å². The Balaban J connectivity index is 2.06. The lowest BCUT2D eigenvalue weighted by molar-refractivity contribution is 0.514. The molecule has 0 amide bonds. The number of sulfonamides is 1. The van der Waals surface area contributed by atoms with Gasteiger partial charge in [-0.15, -0.1) is 0 Å². The van der Waals surface area contributed by atoms with Gasteiger partial charge in [0.05, 0.1) is 10.6 Å². The standard InChI is InChI=1S/C20H21NO2S/c1-16-7-11-18(12-8-16)20-6-4-3-5-15-21(20)24(22,23)19-13-9-17(2)10-14-19/h3-4,6-14H,5,15H2,1-2H3. The van der Waals surface area contributed by atoms with Gasteiger partial charge in [0.1, 0.15) is 0 Å². The Morgan fingerprint density at radius 1 is 0.875 bits per heavy atom. The van der Waals surface area contributed by atoms with E-state index in [1.165, 1.54) is 4.31 Å². The maximum atomic E-state index is 13.2. The van der Waals surface area contributed by atoms with Gasteiger partial charge in [-0.05, 0) is 44.0 Å². The summed E-state index contributed by atoms with van der Waals surface area (Å²) in [7, 11) is -3.58. The summed E-state index contributed by atoms with van der Waals surface area (Å²) in [5, 5.41) is 0. The third kappa shape index (κ3) is 3.29. The van der Waals surface area contributed by atoms with Crippen LogP contribution in [0.15, 0.2) is 71.7 Å². The molecule has 24 heavy (non-hydrogen) atoms. The average molecular weight is 339 g/mol. The molecule has 0 saturated heterocycles. The second-order valence-electron chi connectivity index (χ2n) is 6.02. The van der Waals surface area contributed by atoms with Crippen molar-refractivity contribution in [2.75, 3.05) is 6.54 Å². The molecule has 0 saturated carbocycles. The number of rotatable bonds is 3. The van der Waals surface area contributed by atoms with Crippen molar-refractivity contribution in [1.82, 2.24) is 4.31 Å². The minimum atomic E-state index is -3.58. The van der Waals surface area contributed by atoms with Crippen LogP contribution in [0.1, 0.15) is 23.1 Å². The predicted molar refractivity (Wildman–Crippen MR) is 98.0 cm³/mol. The Labute approximate surface area is 144 Å². The highest BCUT2D eigenvalue weighted by molar-refractivity contribution is 7.89. The molecule has 0 atom stereocenters. The number of allylic oxidation sites excluding steroid dienone is 2. The van der Waals surface area contributed by atoms with E-state index in [4.69, 9.17) is 0 Å². The zero-order chi connectivity index (χ0) is 17.2. The lowest BCUT2D eigenvalue weighted by atomic mass is 10.1. The number of hydrogen-bond acceptors (Lipinski definition) is 2. The molecular formula is C20H21NO2S. The molecule has 0 unspecified atom stereocenters. The quantitative estimate of drug-likeness (QED) is 0.836. The highest BCUT2D eigenvalue weighted by Gasteiger charge is 2.27. The lowest BCUT2D eigenvalue weighted by Gasteiger charge is -2.26. The van der Waals surface area contributed by atoms with E-state index in [1.54, 1.807) is 12.1 Å². The van der Waals surface area contributed by atoms with E-state index >= 15 is 0 Å². The van der Waals surface area contributed by atoms with Crippen LogP contribution in [0.2, 0.25) is 0 Å². The third-order valence-corrected chi connectivity index (χ3v) is 5.94. The van der Waals surface area contributed by atoms with Crippen LogP contribution >= 0.6 is 0 Å². The summed E-state index contributed by atoms with van der Waals surface area (Å²) in [5.74, 6) is 0. The van der Waals surface area contributed by atoms with Crippen molar-refractivity contribution in [2.24, 2.45) is 0 Å². The van der Waals surface area contributed by atoms with Crippen molar-refractivity contribution in [1.29, 1.82) is 0 Å². The first-order valence-corrected chi connectivity index (χ1v) is 9.46. The fourth-order valence-corrected chi connectivity index (χ4v) is 4.21. The molecule has 0 aliphatic carbocycles. The molecule has 2 aromatic rings. The summed E-state index contributed by atoms with van der Waals surface area (Å²) in [6.07, 6.45) is 6.50. The van der Waals surface area contributed by atoms with Gasteiger partial charge in [-0.1, -0.05) is 59.7 Å². The normalized spacial score (nSPS) is 15.1. The number of aryl methyl sites for hydroxylation is 2. The SMILES string of the molecule is Cc1ccc(C2=CC=CCCN2S(=O)(=O)c2ccc(C)cc2)cc1. The topological polar surface area (TPSA) is 37.4 Å². The van der Waals surface area contributed by atoms with Crippen molar-refractivity contribution < 1.29 is 8.42 Å². The van der Waals surface area contributed by atoms with Gasteiger partial charge in [0.15, 0.2) is 0 Å². The van der Waals surface area contributed by atoms with Gasteiger partial charge in [-0.3, -0.25) is 4.31 Å². The zero-order valence-corrected chi connectivity index (χ0v) is 14.8. The Hall–Kier alpha value is -2.33. The van der Waals surface area contributed by atoms with Crippen LogP contribution in [0.4, 0.5) is 0 Å². The van der Waals surface area contributed by atoms with Crippen molar-refractivity contribution in [3.8, 4) is 0 Å². The molecule has 1 aliphatic rings.